The summed E-state index contributed by atoms with van der Waals surface area (Å²) in [7, 11) is 0. The van der Waals surface area contributed by atoms with Crippen molar-refractivity contribution >= 4 is 40.3 Å². The van der Waals surface area contributed by atoms with Crippen molar-refractivity contribution < 1.29 is 0 Å². The van der Waals surface area contributed by atoms with Crippen LogP contribution in [0.5, 0.6) is 0 Å². The summed E-state index contributed by atoms with van der Waals surface area (Å²) in [4.78, 5) is 9.69. The summed E-state index contributed by atoms with van der Waals surface area (Å²) < 4.78 is 0. The Labute approximate surface area is 158 Å². The van der Waals surface area contributed by atoms with Gasteiger partial charge in [-0.15, -0.1) is 0 Å². The van der Waals surface area contributed by atoms with E-state index in [-0.39, 0.29) is 0 Å². The third-order valence-electron chi connectivity index (χ3n) is 5.12. The van der Waals surface area contributed by atoms with E-state index in [9.17, 15) is 0 Å². The summed E-state index contributed by atoms with van der Waals surface area (Å²) >= 11 is 12.2. The summed E-state index contributed by atoms with van der Waals surface area (Å²) in [5.74, 6) is 0. The molecule has 0 N–H and O–H groups in total. The van der Waals surface area contributed by atoms with Crippen LogP contribution in [-0.2, 0) is 6.42 Å². The molecule has 25 heavy (non-hydrogen) atoms. The van der Waals surface area contributed by atoms with Crippen molar-refractivity contribution in [2.45, 2.75) is 13.3 Å². The SMILES string of the molecule is CCN1CCN(c2ccc(C3=Nc4cc(Cl)c(Cl)cc4C3)cc2)CC1. The maximum atomic E-state index is 6.12. The van der Waals surface area contributed by atoms with E-state index < -0.39 is 0 Å². The van der Waals surface area contributed by atoms with Gasteiger partial charge in [-0.25, -0.2) is 0 Å². The molecule has 0 atom stereocenters. The van der Waals surface area contributed by atoms with E-state index in [0.29, 0.717) is 10.0 Å². The first-order valence-corrected chi connectivity index (χ1v) is 9.53. The van der Waals surface area contributed by atoms with Crippen LogP contribution in [-0.4, -0.2) is 43.3 Å². The van der Waals surface area contributed by atoms with Crippen molar-refractivity contribution in [3.05, 3.63) is 57.6 Å². The normalized spacial score (nSPS) is 17.6. The molecule has 3 nitrogen and oxygen atoms in total. The zero-order chi connectivity index (χ0) is 17.4. The van der Waals surface area contributed by atoms with Crippen molar-refractivity contribution in [2.75, 3.05) is 37.6 Å². The maximum absolute atomic E-state index is 6.12. The van der Waals surface area contributed by atoms with E-state index in [1.54, 1.807) is 0 Å². The zero-order valence-electron chi connectivity index (χ0n) is 14.3. The third-order valence-corrected chi connectivity index (χ3v) is 5.84. The molecule has 2 aromatic rings. The second-order valence-corrected chi connectivity index (χ2v) is 7.41. The van der Waals surface area contributed by atoms with Crippen molar-refractivity contribution in [3.63, 3.8) is 0 Å². The number of likely N-dealkylation sites (N-methyl/N-ethyl adjacent to an activating group) is 1. The molecule has 0 unspecified atom stereocenters. The fourth-order valence-electron chi connectivity index (χ4n) is 3.54. The molecule has 0 aliphatic carbocycles. The van der Waals surface area contributed by atoms with Crippen LogP contribution < -0.4 is 4.90 Å². The molecule has 2 heterocycles. The molecule has 0 spiro atoms. The van der Waals surface area contributed by atoms with Crippen molar-refractivity contribution in [2.24, 2.45) is 4.99 Å². The van der Waals surface area contributed by atoms with Crippen LogP contribution in [0.3, 0.4) is 0 Å². The van der Waals surface area contributed by atoms with E-state index >= 15 is 0 Å². The predicted molar refractivity (Wildman–Crippen MR) is 107 cm³/mol. The Morgan fingerprint density at radius 1 is 0.960 bits per heavy atom. The molecular formula is C20H21Cl2N3. The Morgan fingerprint density at radius 2 is 1.64 bits per heavy atom. The summed E-state index contributed by atoms with van der Waals surface area (Å²) in [6, 6.07) is 12.6. The van der Waals surface area contributed by atoms with Gasteiger partial charge in [0.15, 0.2) is 0 Å². The minimum Gasteiger partial charge on any atom is -0.369 e. The van der Waals surface area contributed by atoms with Gasteiger partial charge in [0.2, 0.25) is 0 Å². The lowest BCUT2D eigenvalue weighted by Gasteiger charge is -2.35. The molecule has 5 heteroatoms. The van der Waals surface area contributed by atoms with Gasteiger partial charge in [0.25, 0.3) is 0 Å². The van der Waals surface area contributed by atoms with Crippen LogP contribution in [0.4, 0.5) is 11.4 Å². The van der Waals surface area contributed by atoms with Crippen LogP contribution in [0.15, 0.2) is 41.4 Å². The molecule has 130 valence electrons. The average molecular weight is 374 g/mol. The average Bonchev–Trinajstić information content (AvgIpc) is 3.05. The maximum Gasteiger partial charge on any atom is 0.0685 e. The van der Waals surface area contributed by atoms with Gasteiger partial charge in [-0.1, -0.05) is 42.3 Å². The Hall–Kier alpha value is -1.55. The standard InChI is InChI=1S/C20H21Cl2N3/c1-2-24-7-9-25(10-8-24)16-5-3-14(4-6-16)19-12-15-11-17(21)18(22)13-20(15)23-19/h3-6,11,13H,2,7-10,12H2,1H3. The molecule has 2 aliphatic heterocycles. The number of halogens is 2. The van der Waals surface area contributed by atoms with Gasteiger partial charge >= 0.3 is 0 Å². The van der Waals surface area contributed by atoms with Crippen LogP contribution >= 0.6 is 23.2 Å². The Kier molecular flexibility index (Phi) is 4.72. The lowest BCUT2D eigenvalue weighted by Crippen LogP contribution is -2.46. The van der Waals surface area contributed by atoms with Crippen LogP contribution in [0.1, 0.15) is 18.1 Å². The van der Waals surface area contributed by atoms with Gasteiger partial charge in [-0.2, -0.15) is 0 Å². The lowest BCUT2D eigenvalue weighted by atomic mass is 10.0. The van der Waals surface area contributed by atoms with Crippen molar-refractivity contribution in [3.8, 4) is 0 Å². The number of nitrogens with zero attached hydrogens (tertiary/aromatic N) is 3. The molecule has 0 bridgehead atoms. The van der Waals surface area contributed by atoms with E-state index in [4.69, 9.17) is 28.2 Å². The Bertz CT molecular complexity index is 806. The van der Waals surface area contributed by atoms with Crippen molar-refractivity contribution in [1.82, 2.24) is 4.90 Å². The Morgan fingerprint density at radius 3 is 2.32 bits per heavy atom. The summed E-state index contributed by atoms with van der Waals surface area (Å²) in [5.41, 5.74) is 5.62. The highest BCUT2D eigenvalue weighted by Crippen LogP contribution is 2.36. The number of hydrogen-bond acceptors (Lipinski definition) is 3. The second kappa shape index (κ2) is 6.99. The number of hydrogen-bond donors (Lipinski definition) is 0. The van der Waals surface area contributed by atoms with Crippen LogP contribution in [0, 0.1) is 0 Å². The molecule has 2 aromatic carbocycles. The topological polar surface area (TPSA) is 18.8 Å². The van der Waals surface area contributed by atoms with E-state index in [2.05, 4.69) is 41.0 Å². The number of piperazine rings is 1. The van der Waals surface area contributed by atoms with Crippen molar-refractivity contribution in [1.29, 1.82) is 0 Å². The summed E-state index contributed by atoms with van der Waals surface area (Å²) in [6.07, 6.45) is 0.806. The monoisotopic (exact) mass is 373 g/mol. The number of anilines is 1. The predicted octanol–water partition coefficient (Wildman–Crippen LogP) is 4.81. The zero-order valence-corrected chi connectivity index (χ0v) is 15.8. The van der Waals surface area contributed by atoms with Gasteiger partial charge < -0.3 is 9.80 Å². The van der Waals surface area contributed by atoms with Gasteiger partial charge in [-0.3, -0.25) is 4.99 Å². The molecule has 2 aliphatic rings. The number of fused-ring (bicyclic) bond motifs is 1. The molecule has 0 amide bonds. The quantitative estimate of drug-likeness (QED) is 0.768. The number of benzene rings is 2. The van der Waals surface area contributed by atoms with Gasteiger partial charge in [0.1, 0.15) is 0 Å². The lowest BCUT2D eigenvalue weighted by molar-refractivity contribution is 0.271. The van der Waals surface area contributed by atoms with Gasteiger partial charge in [0, 0.05) is 38.3 Å². The van der Waals surface area contributed by atoms with Gasteiger partial charge in [-0.05, 0) is 41.9 Å². The molecule has 0 aromatic heterocycles. The Balaban J connectivity index is 1.49. The van der Waals surface area contributed by atoms with Gasteiger partial charge in [0.05, 0.1) is 21.4 Å². The first-order chi connectivity index (χ1) is 12.1. The molecule has 1 fully saturated rings. The molecule has 0 saturated carbocycles. The highest BCUT2D eigenvalue weighted by Gasteiger charge is 2.19. The molecule has 1 saturated heterocycles. The van der Waals surface area contributed by atoms with E-state index in [1.807, 2.05) is 12.1 Å². The first kappa shape index (κ1) is 16.9. The highest BCUT2D eigenvalue weighted by atomic mass is 35.5. The van der Waals surface area contributed by atoms with E-state index in [0.717, 1.165) is 56.1 Å². The molecule has 4 rings (SSSR count). The first-order valence-electron chi connectivity index (χ1n) is 8.77. The van der Waals surface area contributed by atoms with Crippen LogP contribution in [0.25, 0.3) is 0 Å². The van der Waals surface area contributed by atoms with Crippen LogP contribution in [0.2, 0.25) is 10.0 Å². The second-order valence-electron chi connectivity index (χ2n) is 6.60. The summed E-state index contributed by atoms with van der Waals surface area (Å²) in [6.45, 7) is 7.84. The number of rotatable bonds is 3. The largest absolute Gasteiger partial charge is 0.369 e. The fourth-order valence-corrected chi connectivity index (χ4v) is 3.89. The third kappa shape index (κ3) is 3.41. The molecular weight excluding hydrogens is 353 g/mol. The summed E-state index contributed by atoms with van der Waals surface area (Å²) in [5, 5.41) is 1.16. The smallest absolute Gasteiger partial charge is 0.0685 e. The molecule has 0 radical (unpaired) electrons. The number of aliphatic imine (C=N–C) groups is 1. The fraction of sp³-hybridized carbons (Fsp3) is 0.350. The highest BCUT2D eigenvalue weighted by molar-refractivity contribution is 6.42. The minimum atomic E-state index is 0.562. The minimum absolute atomic E-state index is 0.562. The van der Waals surface area contributed by atoms with E-state index in [1.165, 1.54) is 11.3 Å².